The Balaban J connectivity index is 0.000001000. The van der Waals surface area contributed by atoms with Gasteiger partial charge in [0.25, 0.3) is 0 Å². The van der Waals surface area contributed by atoms with Crippen LogP contribution >= 0.6 is 0 Å². The van der Waals surface area contributed by atoms with Crippen LogP contribution in [-0.4, -0.2) is 10.9 Å². The van der Waals surface area contributed by atoms with Gasteiger partial charge in [-0.1, -0.05) is 12.1 Å². The Morgan fingerprint density at radius 2 is 1.91 bits per heavy atom. The van der Waals surface area contributed by atoms with E-state index >= 15 is 0 Å². The number of Topliss-reactive ketones (excluding diaryl/α,β-unsaturated/α-hetero) is 1. The topological polar surface area (TPSA) is 37.3 Å². The van der Waals surface area contributed by atoms with Crippen LogP contribution in [0.1, 0.15) is 17.3 Å². The molecule has 0 aliphatic carbocycles. The van der Waals surface area contributed by atoms with E-state index in [4.69, 9.17) is 5.11 Å². The van der Waals surface area contributed by atoms with Crippen molar-refractivity contribution in [1.82, 2.24) is 0 Å². The molecule has 0 atom stereocenters. The van der Waals surface area contributed by atoms with E-state index in [-0.39, 0.29) is 28.9 Å². The van der Waals surface area contributed by atoms with Crippen LogP contribution in [0.5, 0.6) is 5.75 Å². The fourth-order valence-electron chi connectivity index (χ4n) is 0.771. The van der Waals surface area contributed by atoms with Crippen LogP contribution in [0.3, 0.4) is 0 Å². The van der Waals surface area contributed by atoms with E-state index in [1.54, 1.807) is 18.2 Å². The number of para-hydroxylation sites is 1. The zero-order valence-electron chi connectivity index (χ0n) is 6.07. The zero-order valence-corrected chi connectivity index (χ0v) is 7.35. The van der Waals surface area contributed by atoms with Crippen molar-refractivity contribution in [3.63, 3.8) is 0 Å². The minimum atomic E-state index is -0.113. The molecule has 1 N–H and O–H groups in total. The van der Waals surface area contributed by atoms with E-state index < -0.39 is 0 Å². The van der Waals surface area contributed by atoms with Crippen molar-refractivity contribution in [1.29, 1.82) is 0 Å². The van der Waals surface area contributed by atoms with Crippen LogP contribution in [0, 0.1) is 0 Å². The molecule has 0 aliphatic rings. The summed E-state index contributed by atoms with van der Waals surface area (Å²) in [5, 5.41) is 9.06. The molecule has 2 nitrogen and oxygen atoms in total. The molecule has 0 spiro atoms. The van der Waals surface area contributed by atoms with Gasteiger partial charge in [0.05, 0.1) is 5.56 Å². The number of carbonyl (C=O) groups is 1. The van der Waals surface area contributed by atoms with Gasteiger partial charge in [-0.05, 0) is 19.1 Å². The Hall–Kier alpha value is -0.778. The molecule has 0 saturated heterocycles. The number of hydrogen-bond donors (Lipinski definition) is 1. The summed E-state index contributed by atoms with van der Waals surface area (Å²) in [5.41, 5.74) is 0.377. The Morgan fingerprint density at radius 3 is 2.27 bits per heavy atom. The predicted octanol–water partition coefficient (Wildman–Crippen LogP) is 1.59. The van der Waals surface area contributed by atoms with E-state index in [9.17, 15) is 4.79 Å². The van der Waals surface area contributed by atoms with Crippen LogP contribution in [-0.2, 0) is 17.4 Å². The van der Waals surface area contributed by atoms with E-state index in [2.05, 4.69) is 0 Å². The molecule has 0 aliphatic heterocycles. The number of hydrogen-bond acceptors (Lipinski definition) is 2. The Morgan fingerprint density at radius 1 is 1.36 bits per heavy atom. The monoisotopic (exact) mass is 188 g/mol. The van der Waals surface area contributed by atoms with E-state index in [1.807, 2.05) is 0 Å². The number of carbonyl (C=O) groups excluding carboxylic acids is 1. The van der Waals surface area contributed by atoms with Crippen molar-refractivity contribution in [3.8, 4) is 5.75 Å². The molecule has 0 heterocycles. The van der Waals surface area contributed by atoms with Gasteiger partial charge < -0.3 is 5.11 Å². The molecule has 58 valence electrons. The van der Waals surface area contributed by atoms with Gasteiger partial charge in [0.1, 0.15) is 5.75 Å². The van der Waals surface area contributed by atoms with Gasteiger partial charge in [0.2, 0.25) is 0 Å². The largest absolute Gasteiger partial charge is 0.507 e. The summed E-state index contributed by atoms with van der Waals surface area (Å²) in [4.78, 5) is 10.7. The quantitative estimate of drug-likeness (QED) is 0.679. The van der Waals surface area contributed by atoms with Crippen LogP contribution < -0.4 is 0 Å². The first-order valence-corrected chi connectivity index (χ1v) is 3.01. The average molecular weight is 188 g/mol. The van der Waals surface area contributed by atoms with Crippen molar-refractivity contribution in [2.24, 2.45) is 0 Å². The Labute approximate surface area is 76.0 Å². The van der Waals surface area contributed by atoms with Gasteiger partial charge in [-0.2, -0.15) is 0 Å². The summed E-state index contributed by atoms with van der Waals surface area (Å²) in [6.07, 6.45) is 0. The smallest absolute Gasteiger partial charge is 0.163 e. The van der Waals surface area contributed by atoms with E-state index in [1.165, 1.54) is 13.0 Å². The minimum absolute atomic E-state index is 0. The number of benzene rings is 1. The molecule has 0 radical (unpaired) electrons. The molecule has 0 saturated carbocycles. The first-order valence-electron chi connectivity index (χ1n) is 3.01. The maximum atomic E-state index is 10.7. The van der Waals surface area contributed by atoms with Gasteiger partial charge in [-0.25, -0.2) is 0 Å². The van der Waals surface area contributed by atoms with Gasteiger partial charge in [0.15, 0.2) is 5.78 Å². The van der Waals surface area contributed by atoms with Crippen molar-refractivity contribution >= 4 is 5.78 Å². The van der Waals surface area contributed by atoms with Crippen molar-refractivity contribution in [2.75, 3.05) is 0 Å². The molecule has 1 aromatic carbocycles. The van der Waals surface area contributed by atoms with Crippen LogP contribution in [0.15, 0.2) is 24.3 Å². The maximum absolute atomic E-state index is 10.7. The predicted molar refractivity (Wildman–Crippen MR) is 38.1 cm³/mol. The molecular formula is C8H8CrO2. The molecular weight excluding hydrogens is 180 g/mol. The summed E-state index contributed by atoms with van der Waals surface area (Å²) < 4.78 is 0. The molecule has 0 fully saturated rings. The summed E-state index contributed by atoms with van der Waals surface area (Å²) in [6.45, 7) is 1.43. The normalized spacial score (nSPS) is 8.45. The third-order valence-corrected chi connectivity index (χ3v) is 1.28. The average Bonchev–Trinajstić information content (AvgIpc) is 1.88. The van der Waals surface area contributed by atoms with Gasteiger partial charge in [0, 0.05) is 17.4 Å². The fraction of sp³-hybridized carbons (Fsp3) is 0.125. The van der Waals surface area contributed by atoms with Crippen LogP contribution in [0.25, 0.3) is 0 Å². The molecule has 11 heavy (non-hydrogen) atoms. The second kappa shape index (κ2) is 4.17. The second-order valence-corrected chi connectivity index (χ2v) is 2.07. The molecule has 0 unspecified atom stereocenters. The molecule has 3 heteroatoms. The molecule has 0 amide bonds. The van der Waals surface area contributed by atoms with Gasteiger partial charge in [-0.15, -0.1) is 0 Å². The number of aromatic hydroxyl groups is 1. The Kier molecular flexibility index (Phi) is 3.88. The second-order valence-electron chi connectivity index (χ2n) is 2.07. The SMILES string of the molecule is CC(=O)c1ccccc1O.[Cr]. The van der Waals surface area contributed by atoms with Crippen LogP contribution in [0.4, 0.5) is 0 Å². The summed E-state index contributed by atoms with van der Waals surface area (Å²) in [6, 6.07) is 6.49. The first-order chi connectivity index (χ1) is 4.72. The maximum Gasteiger partial charge on any atom is 0.163 e. The number of phenols is 1. The number of rotatable bonds is 1. The fourth-order valence-corrected chi connectivity index (χ4v) is 0.771. The summed E-state index contributed by atoms with van der Waals surface area (Å²) >= 11 is 0. The van der Waals surface area contributed by atoms with Gasteiger partial charge in [-0.3, -0.25) is 4.79 Å². The summed E-state index contributed by atoms with van der Waals surface area (Å²) in [5.74, 6) is -0.0619. The van der Waals surface area contributed by atoms with E-state index in [0.29, 0.717) is 5.56 Å². The standard InChI is InChI=1S/C8H8O2.Cr/c1-6(9)7-4-2-3-5-8(7)10;/h2-5,10H,1H3;. The molecule has 1 aromatic rings. The van der Waals surface area contributed by atoms with Crippen molar-refractivity contribution in [2.45, 2.75) is 6.92 Å². The third-order valence-electron chi connectivity index (χ3n) is 1.28. The summed E-state index contributed by atoms with van der Waals surface area (Å²) in [7, 11) is 0. The zero-order chi connectivity index (χ0) is 7.56. The first kappa shape index (κ1) is 10.2. The minimum Gasteiger partial charge on any atom is -0.507 e. The third kappa shape index (κ3) is 2.38. The number of phenolic OH excluding ortho intramolecular Hbond substituents is 1. The van der Waals surface area contributed by atoms with Crippen LogP contribution in [0.2, 0.25) is 0 Å². The molecule has 0 aromatic heterocycles. The number of ketones is 1. The Bertz CT molecular complexity index is 258. The van der Waals surface area contributed by atoms with E-state index in [0.717, 1.165) is 0 Å². The van der Waals surface area contributed by atoms with Crippen molar-refractivity contribution in [3.05, 3.63) is 29.8 Å². The molecule has 1 rings (SSSR count). The van der Waals surface area contributed by atoms with Crippen molar-refractivity contribution < 1.29 is 27.3 Å². The molecule has 0 bridgehead atoms. The van der Waals surface area contributed by atoms with Gasteiger partial charge >= 0.3 is 0 Å².